The first-order valence-corrected chi connectivity index (χ1v) is 5.96. The van der Waals surface area contributed by atoms with Crippen molar-refractivity contribution in [2.45, 2.75) is 39.5 Å². The number of benzene rings is 1. The summed E-state index contributed by atoms with van der Waals surface area (Å²) in [7, 11) is 0. The first-order valence-electron chi connectivity index (χ1n) is 5.96. The third-order valence-corrected chi connectivity index (χ3v) is 2.80. The molecule has 0 aromatic heterocycles. The zero-order valence-corrected chi connectivity index (χ0v) is 10.9. The summed E-state index contributed by atoms with van der Waals surface area (Å²) in [4.78, 5) is 10.5. The lowest BCUT2D eigenvalue weighted by Gasteiger charge is -2.14. The van der Waals surface area contributed by atoms with Gasteiger partial charge < -0.3 is 5.11 Å². The second-order valence-corrected chi connectivity index (χ2v) is 4.87. The lowest BCUT2D eigenvalue weighted by Crippen LogP contribution is -1.97. The minimum absolute atomic E-state index is 0.391. The van der Waals surface area contributed by atoms with Crippen LogP contribution in [0.4, 0.5) is 0 Å². The Hall–Kier alpha value is -1.57. The standard InChI is InChI=1S/C15H20O2/c1-10(2)13-6-5-12(7-8-15(16)17)14(9-13)11(3)4/h5-11H,1-4H3,(H,16,17)/b8-7+. The van der Waals surface area contributed by atoms with Gasteiger partial charge in [0.15, 0.2) is 0 Å². The Morgan fingerprint density at radius 2 is 1.82 bits per heavy atom. The largest absolute Gasteiger partial charge is 0.478 e. The fraction of sp³-hybridized carbons (Fsp3) is 0.400. The number of hydrogen-bond acceptors (Lipinski definition) is 1. The van der Waals surface area contributed by atoms with Gasteiger partial charge in [0.05, 0.1) is 0 Å². The van der Waals surface area contributed by atoms with E-state index in [4.69, 9.17) is 5.11 Å². The van der Waals surface area contributed by atoms with Crippen LogP contribution >= 0.6 is 0 Å². The lowest BCUT2D eigenvalue weighted by molar-refractivity contribution is -0.131. The van der Waals surface area contributed by atoms with Gasteiger partial charge in [-0.1, -0.05) is 45.9 Å². The van der Waals surface area contributed by atoms with E-state index in [0.29, 0.717) is 11.8 Å². The van der Waals surface area contributed by atoms with Crippen molar-refractivity contribution in [3.63, 3.8) is 0 Å². The highest BCUT2D eigenvalue weighted by Crippen LogP contribution is 2.25. The van der Waals surface area contributed by atoms with Crippen LogP contribution in [-0.4, -0.2) is 11.1 Å². The minimum Gasteiger partial charge on any atom is -0.478 e. The number of hydrogen-bond donors (Lipinski definition) is 1. The fourth-order valence-electron chi connectivity index (χ4n) is 1.77. The molecule has 0 unspecified atom stereocenters. The van der Waals surface area contributed by atoms with Crippen LogP contribution in [0.2, 0.25) is 0 Å². The third-order valence-electron chi connectivity index (χ3n) is 2.80. The van der Waals surface area contributed by atoms with Crippen LogP contribution in [-0.2, 0) is 4.79 Å². The summed E-state index contributed by atoms with van der Waals surface area (Å²) in [6.07, 6.45) is 2.86. The summed E-state index contributed by atoms with van der Waals surface area (Å²) in [6.45, 7) is 8.56. The normalized spacial score (nSPS) is 11.6. The molecule has 0 amide bonds. The van der Waals surface area contributed by atoms with Crippen molar-refractivity contribution >= 4 is 12.0 Å². The monoisotopic (exact) mass is 232 g/mol. The molecule has 92 valence electrons. The summed E-state index contributed by atoms with van der Waals surface area (Å²) in [5.74, 6) is -0.0280. The Morgan fingerprint density at radius 1 is 1.18 bits per heavy atom. The van der Waals surface area contributed by atoms with Crippen molar-refractivity contribution in [2.75, 3.05) is 0 Å². The highest BCUT2D eigenvalue weighted by atomic mass is 16.4. The van der Waals surface area contributed by atoms with Crippen molar-refractivity contribution in [1.29, 1.82) is 0 Å². The molecule has 0 bridgehead atoms. The van der Waals surface area contributed by atoms with E-state index in [1.807, 2.05) is 6.07 Å². The molecular formula is C15H20O2. The first kappa shape index (κ1) is 13.5. The molecular weight excluding hydrogens is 212 g/mol. The molecule has 0 saturated heterocycles. The SMILES string of the molecule is CC(C)c1ccc(/C=C/C(=O)O)c(C(C)C)c1. The molecule has 1 rings (SSSR count). The first-order chi connectivity index (χ1) is 7.91. The maximum atomic E-state index is 10.5. The van der Waals surface area contributed by atoms with Crippen LogP contribution in [0.5, 0.6) is 0 Å². The minimum atomic E-state index is -0.910. The molecule has 1 N–H and O–H groups in total. The lowest BCUT2D eigenvalue weighted by atomic mass is 9.91. The summed E-state index contributed by atoms with van der Waals surface area (Å²) < 4.78 is 0. The second-order valence-electron chi connectivity index (χ2n) is 4.87. The van der Waals surface area contributed by atoms with Crippen LogP contribution in [0.15, 0.2) is 24.3 Å². The van der Waals surface area contributed by atoms with Gasteiger partial charge in [-0.25, -0.2) is 4.79 Å². The van der Waals surface area contributed by atoms with Crippen molar-refractivity contribution in [2.24, 2.45) is 0 Å². The predicted molar refractivity (Wildman–Crippen MR) is 71.3 cm³/mol. The van der Waals surface area contributed by atoms with Gasteiger partial charge in [-0.3, -0.25) is 0 Å². The number of rotatable bonds is 4. The Bertz CT molecular complexity index is 429. The van der Waals surface area contributed by atoms with Crippen LogP contribution in [0, 0.1) is 0 Å². The van der Waals surface area contributed by atoms with E-state index < -0.39 is 5.97 Å². The van der Waals surface area contributed by atoms with Gasteiger partial charge in [-0.2, -0.15) is 0 Å². The molecule has 0 aliphatic heterocycles. The maximum absolute atomic E-state index is 10.5. The molecule has 0 aliphatic rings. The van der Waals surface area contributed by atoms with E-state index in [1.165, 1.54) is 17.2 Å². The molecule has 0 radical (unpaired) electrons. The van der Waals surface area contributed by atoms with Gasteiger partial charge >= 0.3 is 5.97 Å². The van der Waals surface area contributed by atoms with Gasteiger partial charge in [-0.15, -0.1) is 0 Å². The molecule has 17 heavy (non-hydrogen) atoms. The number of aliphatic carboxylic acids is 1. The van der Waals surface area contributed by atoms with E-state index in [9.17, 15) is 4.79 Å². The van der Waals surface area contributed by atoms with E-state index in [-0.39, 0.29) is 0 Å². The molecule has 2 nitrogen and oxygen atoms in total. The molecule has 1 aromatic carbocycles. The quantitative estimate of drug-likeness (QED) is 0.796. The maximum Gasteiger partial charge on any atom is 0.328 e. The smallest absolute Gasteiger partial charge is 0.328 e. The van der Waals surface area contributed by atoms with Gasteiger partial charge in [0.25, 0.3) is 0 Å². The van der Waals surface area contributed by atoms with Crippen LogP contribution < -0.4 is 0 Å². The summed E-state index contributed by atoms with van der Waals surface area (Å²) in [5.41, 5.74) is 3.49. The average Bonchev–Trinajstić information content (AvgIpc) is 2.25. The highest BCUT2D eigenvalue weighted by molar-refractivity contribution is 5.85. The van der Waals surface area contributed by atoms with E-state index in [1.54, 1.807) is 6.08 Å². The molecule has 0 fully saturated rings. The second kappa shape index (κ2) is 5.67. The molecule has 0 spiro atoms. The third kappa shape index (κ3) is 3.74. The van der Waals surface area contributed by atoms with Crippen molar-refractivity contribution in [1.82, 2.24) is 0 Å². The van der Waals surface area contributed by atoms with Crippen molar-refractivity contribution < 1.29 is 9.90 Å². The highest BCUT2D eigenvalue weighted by Gasteiger charge is 2.08. The van der Waals surface area contributed by atoms with E-state index in [0.717, 1.165) is 5.56 Å². The Kier molecular flexibility index (Phi) is 4.50. The molecule has 1 aromatic rings. The van der Waals surface area contributed by atoms with Gasteiger partial charge in [0.1, 0.15) is 0 Å². The van der Waals surface area contributed by atoms with Crippen molar-refractivity contribution in [3.05, 3.63) is 41.0 Å². The van der Waals surface area contributed by atoms with Gasteiger partial charge in [-0.05, 0) is 34.6 Å². The zero-order chi connectivity index (χ0) is 13.0. The average molecular weight is 232 g/mol. The fourth-order valence-corrected chi connectivity index (χ4v) is 1.77. The molecule has 0 atom stereocenters. The van der Waals surface area contributed by atoms with Crippen molar-refractivity contribution in [3.8, 4) is 0 Å². The summed E-state index contributed by atoms with van der Waals surface area (Å²) in [5, 5.41) is 8.66. The van der Waals surface area contributed by atoms with Crippen LogP contribution in [0.1, 0.15) is 56.2 Å². The molecule has 2 heteroatoms. The molecule has 0 heterocycles. The number of carbonyl (C=O) groups is 1. The van der Waals surface area contributed by atoms with Crippen LogP contribution in [0.25, 0.3) is 6.08 Å². The van der Waals surface area contributed by atoms with Gasteiger partial charge in [0.2, 0.25) is 0 Å². The Morgan fingerprint density at radius 3 is 2.29 bits per heavy atom. The molecule has 0 saturated carbocycles. The number of carboxylic acids is 1. The predicted octanol–water partition coefficient (Wildman–Crippen LogP) is 4.03. The topological polar surface area (TPSA) is 37.3 Å². The summed E-state index contributed by atoms with van der Waals surface area (Å²) >= 11 is 0. The number of carboxylic acid groups (broad SMARTS) is 1. The Balaban J connectivity index is 3.17. The zero-order valence-electron chi connectivity index (χ0n) is 10.9. The molecule has 0 aliphatic carbocycles. The van der Waals surface area contributed by atoms with E-state index in [2.05, 4.69) is 39.8 Å². The van der Waals surface area contributed by atoms with Crippen LogP contribution in [0.3, 0.4) is 0 Å². The van der Waals surface area contributed by atoms with Gasteiger partial charge in [0, 0.05) is 6.08 Å². The summed E-state index contributed by atoms with van der Waals surface area (Å²) in [6, 6.07) is 6.25. The Labute approximate surface area is 103 Å². The van der Waals surface area contributed by atoms with E-state index >= 15 is 0 Å².